The van der Waals surface area contributed by atoms with Crippen molar-refractivity contribution in [3.05, 3.63) is 54.0 Å². The average molecular weight is 519 g/mol. The van der Waals surface area contributed by atoms with Crippen LogP contribution in [0, 0.1) is 5.92 Å². The Labute approximate surface area is 217 Å². The molecule has 9 heteroatoms. The van der Waals surface area contributed by atoms with E-state index in [2.05, 4.69) is 10.6 Å². The minimum atomic E-state index is -0.807. The van der Waals surface area contributed by atoms with Crippen molar-refractivity contribution >= 4 is 29.5 Å². The Morgan fingerprint density at radius 1 is 1.08 bits per heavy atom. The van der Waals surface area contributed by atoms with Crippen LogP contribution in [0.5, 0.6) is 5.75 Å². The summed E-state index contributed by atoms with van der Waals surface area (Å²) in [5.41, 5.74) is 1.78. The van der Waals surface area contributed by atoms with Crippen LogP contribution in [-0.2, 0) is 26.7 Å². The molecule has 0 radical (unpaired) electrons. The van der Waals surface area contributed by atoms with Crippen molar-refractivity contribution < 1.29 is 28.3 Å². The Hall–Kier alpha value is -2.94. The fourth-order valence-electron chi connectivity index (χ4n) is 3.54. The summed E-state index contributed by atoms with van der Waals surface area (Å²) in [4.78, 5) is 38.5. The molecule has 2 N–H and O–H groups in total. The number of thioether (sulfide) groups is 1. The maximum absolute atomic E-state index is 13.1. The first kappa shape index (κ1) is 29.3. The van der Waals surface area contributed by atoms with Crippen LogP contribution in [0.15, 0.2) is 47.3 Å². The van der Waals surface area contributed by atoms with Gasteiger partial charge in [-0.15, -0.1) is 11.8 Å². The van der Waals surface area contributed by atoms with Gasteiger partial charge in [0.25, 0.3) is 0 Å². The monoisotopic (exact) mass is 518 g/mol. The summed E-state index contributed by atoms with van der Waals surface area (Å²) in [6.07, 6.45) is 5.27. The number of hydrogen-bond donors (Lipinski definition) is 2. The number of carbonyl (C=O) groups is 3. The first-order chi connectivity index (χ1) is 17.3. The van der Waals surface area contributed by atoms with E-state index >= 15 is 0 Å². The molecule has 0 aliphatic heterocycles. The second kappa shape index (κ2) is 15.9. The van der Waals surface area contributed by atoms with E-state index in [9.17, 15) is 14.4 Å². The number of benzene rings is 1. The third kappa shape index (κ3) is 10.8. The number of amides is 2. The van der Waals surface area contributed by atoms with Crippen molar-refractivity contribution in [2.24, 2.45) is 5.92 Å². The van der Waals surface area contributed by atoms with Gasteiger partial charge in [0, 0.05) is 11.3 Å². The van der Waals surface area contributed by atoms with E-state index in [0.29, 0.717) is 24.3 Å². The number of alkyl carbamates (subject to hydrolysis) is 1. The molecule has 2 amide bonds. The highest BCUT2D eigenvalue weighted by atomic mass is 32.2. The number of Topliss-reactive ketones (excluding diaryl/α,β-unsaturated/α-hetero) is 1. The van der Waals surface area contributed by atoms with Crippen molar-refractivity contribution in [2.45, 2.75) is 70.9 Å². The van der Waals surface area contributed by atoms with Crippen LogP contribution in [0.25, 0.3) is 0 Å². The van der Waals surface area contributed by atoms with Crippen LogP contribution in [0.4, 0.5) is 4.79 Å². The Bertz CT molecular complexity index is 948. The lowest BCUT2D eigenvalue weighted by Crippen LogP contribution is -2.52. The van der Waals surface area contributed by atoms with Crippen molar-refractivity contribution in [3.63, 3.8) is 0 Å². The van der Waals surface area contributed by atoms with Crippen LogP contribution in [0.1, 0.15) is 57.6 Å². The number of rotatable bonds is 16. The summed E-state index contributed by atoms with van der Waals surface area (Å²) in [7, 11) is 1.57. The van der Waals surface area contributed by atoms with Crippen LogP contribution in [-0.4, -0.2) is 42.7 Å². The summed E-state index contributed by atoms with van der Waals surface area (Å²) < 4.78 is 15.6. The number of furan rings is 1. The molecule has 2 atom stereocenters. The number of nitrogens with one attached hydrogen (secondary N) is 2. The SMILES string of the molecule is CCCC[C@H](NC(=O)[C@H](CC(C)C)NC(=O)OCc1cccc(OC)c1)C(=O)CSCc1ccoc1. The summed E-state index contributed by atoms with van der Waals surface area (Å²) in [5.74, 6) is 1.34. The lowest BCUT2D eigenvalue weighted by molar-refractivity contribution is -0.128. The summed E-state index contributed by atoms with van der Waals surface area (Å²) >= 11 is 1.49. The third-order valence-electron chi connectivity index (χ3n) is 5.46. The second-order valence-electron chi connectivity index (χ2n) is 9.05. The Kier molecular flexibility index (Phi) is 13.0. The molecule has 198 valence electrons. The van der Waals surface area contributed by atoms with Gasteiger partial charge in [-0.2, -0.15) is 0 Å². The quantitative estimate of drug-likeness (QED) is 0.318. The van der Waals surface area contributed by atoms with E-state index in [-0.39, 0.29) is 30.0 Å². The van der Waals surface area contributed by atoms with E-state index in [1.807, 2.05) is 39.0 Å². The topological polar surface area (TPSA) is 107 Å². The number of unbranched alkanes of at least 4 members (excludes halogenated alkanes) is 1. The zero-order valence-electron chi connectivity index (χ0n) is 21.6. The molecule has 0 saturated heterocycles. The molecule has 1 aromatic heterocycles. The lowest BCUT2D eigenvalue weighted by atomic mass is 10.0. The van der Waals surface area contributed by atoms with Gasteiger partial charge in [-0.1, -0.05) is 45.7 Å². The minimum Gasteiger partial charge on any atom is -0.497 e. The molecule has 1 heterocycles. The molecule has 36 heavy (non-hydrogen) atoms. The first-order valence-electron chi connectivity index (χ1n) is 12.3. The third-order valence-corrected chi connectivity index (χ3v) is 6.49. The maximum Gasteiger partial charge on any atom is 0.408 e. The van der Waals surface area contributed by atoms with E-state index in [1.54, 1.807) is 31.8 Å². The molecule has 0 spiro atoms. The number of ether oxygens (including phenoxy) is 2. The summed E-state index contributed by atoms with van der Waals surface area (Å²) in [6.45, 7) is 6.02. The molecule has 0 saturated carbocycles. The highest BCUT2D eigenvalue weighted by molar-refractivity contribution is 7.99. The van der Waals surface area contributed by atoms with Crippen LogP contribution in [0.2, 0.25) is 0 Å². The predicted octanol–water partition coefficient (Wildman–Crippen LogP) is 5.11. The molecule has 0 bridgehead atoms. The minimum absolute atomic E-state index is 0.0332. The number of carbonyl (C=O) groups excluding carboxylic acids is 3. The Morgan fingerprint density at radius 3 is 2.56 bits per heavy atom. The maximum atomic E-state index is 13.1. The van der Waals surface area contributed by atoms with Crippen molar-refractivity contribution in [1.29, 1.82) is 0 Å². The molecular weight excluding hydrogens is 480 g/mol. The second-order valence-corrected chi connectivity index (χ2v) is 10.0. The van der Waals surface area contributed by atoms with Gasteiger partial charge in [0.2, 0.25) is 5.91 Å². The van der Waals surface area contributed by atoms with Crippen molar-refractivity contribution in [1.82, 2.24) is 10.6 Å². The smallest absolute Gasteiger partial charge is 0.408 e. The molecule has 2 rings (SSSR count). The summed E-state index contributed by atoms with van der Waals surface area (Å²) in [5, 5.41) is 5.57. The standard InChI is InChI=1S/C27H38N2O6S/c1-5-6-10-23(25(30)18-36-17-21-11-12-34-15-21)28-26(31)24(13-19(2)3)29-27(32)35-16-20-8-7-9-22(14-20)33-4/h7-9,11-12,14-15,19,23-24H,5-6,10,13,16-18H2,1-4H3,(H,28,31)(H,29,32)/t23-,24-/m0/s1. The van der Waals surface area contributed by atoms with Crippen LogP contribution < -0.4 is 15.4 Å². The van der Waals surface area contributed by atoms with E-state index in [4.69, 9.17) is 13.9 Å². The van der Waals surface area contributed by atoms with E-state index in [0.717, 1.165) is 24.0 Å². The van der Waals surface area contributed by atoms with Crippen LogP contribution in [0.3, 0.4) is 0 Å². The van der Waals surface area contributed by atoms with Gasteiger partial charge in [0.05, 0.1) is 31.4 Å². The van der Waals surface area contributed by atoms with Crippen LogP contribution >= 0.6 is 11.8 Å². The molecule has 0 unspecified atom stereocenters. The Morgan fingerprint density at radius 2 is 1.89 bits per heavy atom. The van der Waals surface area contributed by atoms with E-state index in [1.165, 1.54) is 11.8 Å². The van der Waals surface area contributed by atoms with Crippen molar-refractivity contribution in [2.75, 3.05) is 12.9 Å². The number of ketones is 1. The van der Waals surface area contributed by atoms with Gasteiger partial charge in [-0.05, 0) is 42.5 Å². The fraction of sp³-hybridized carbons (Fsp3) is 0.519. The molecular formula is C27H38N2O6S. The van der Waals surface area contributed by atoms with Gasteiger partial charge in [0.15, 0.2) is 5.78 Å². The molecule has 1 aromatic carbocycles. The fourth-order valence-corrected chi connectivity index (χ4v) is 4.44. The molecule has 2 aromatic rings. The number of methoxy groups -OCH3 is 1. The molecule has 8 nitrogen and oxygen atoms in total. The Balaban J connectivity index is 1.94. The highest BCUT2D eigenvalue weighted by Gasteiger charge is 2.27. The van der Waals surface area contributed by atoms with Crippen molar-refractivity contribution in [3.8, 4) is 5.75 Å². The van der Waals surface area contributed by atoms with Gasteiger partial charge >= 0.3 is 6.09 Å². The van der Waals surface area contributed by atoms with Gasteiger partial charge in [-0.3, -0.25) is 9.59 Å². The predicted molar refractivity (Wildman–Crippen MR) is 141 cm³/mol. The summed E-state index contributed by atoms with van der Waals surface area (Å²) in [6, 6.07) is 7.67. The number of hydrogen-bond acceptors (Lipinski definition) is 7. The molecule has 0 fully saturated rings. The normalized spacial score (nSPS) is 12.6. The highest BCUT2D eigenvalue weighted by Crippen LogP contribution is 2.16. The molecule has 0 aliphatic rings. The van der Waals surface area contributed by atoms with Gasteiger partial charge < -0.3 is 24.5 Å². The average Bonchev–Trinajstić information content (AvgIpc) is 3.38. The van der Waals surface area contributed by atoms with E-state index < -0.39 is 18.2 Å². The van der Waals surface area contributed by atoms with Gasteiger partial charge in [-0.25, -0.2) is 4.79 Å². The first-order valence-corrected chi connectivity index (χ1v) is 13.5. The zero-order valence-corrected chi connectivity index (χ0v) is 22.4. The van der Waals surface area contributed by atoms with Gasteiger partial charge in [0.1, 0.15) is 18.4 Å². The molecule has 0 aliphatic carbocycles. The largest absolute Gasteiger partial charge is 0.497 e. The zero-order chi connectivity index (χ0) is 26.3. The lowest BCUT2D eigenvalue weighted by Gasteiger charge is -2.24.